The molecule has 0 aliphatic carbocycles. The highest BCUT2D eigenvalue weighted by molar-refractivity contribution is 7.98. The van der Waals surface area contributed by atoms with Crippen molar-refractivity contribution in [2.24, 2.45) is 5.92 Å². The van der Waals surface area contributed by atoms with Crippen LogP contribution in [0.5, 0.6) is 0 Å². The highest BCUT2D eigenvalue weighted by atomic mass is 32.2. The molecule has 0 bridgehead atoms. The van der Waals surface area contributed by atoms with Gasteiger partial charge in [0.25, 0.3) is 0 Å². The molecule has 0 radical (unpaired) electrons. The topological polar surface area (TPSA) is 51.0 Å². The van der Waals surface area contributed by atoms with Gasteiger partial charge in [-0.25, -0.2) is 0 Å². The predicted molar refractivity (Wildman–Crippen MR) is 69.9 cm³/mol. The number of nitrogens with one attached hydrogen (secondary N) is 1. The van der Waals surface area contributed by atoms with Crippen LogP contribution in [0.2, 0.25) is 0 Å². The van der Waals surface area contributed by atoms with E-state index < -0.39 is 0 Å². The Morgan fingerprint density at radius 2 is 2.35 bits per heavy atom. The first-order valence-corrected chi connectivity index (χ1v) is 7.55. The molecule has 0 spiro atoms. The summed E-state index contributed by atoms with van der Waals surface area (Å²) >= 11 is 1.87. The summed E-state index contributed by atoms with van der Waals surface area (Å²) in [6.45, 7) is 5.51. The first kappa shape index (κ1) is 12.9. The number of hydrogen-bond donors (Lipinski definition) is 1. The second-order valence-corrected chi connectivity index (χ2v) is 5.99. The highest BCUT2D eigenvalue weighted by Gasteiger charge is 2.20. The van der Waals surface area contributed by atoms with Crippen molar-refractivity contribution in [1.82, 2.24) is 15.5 Å². The van der Waals surface area contributed by atoms with Crippen molar-refractivity contribution < 1.29 is 4.52 Å². The Labute approximate surface area is 107 Å². The summed E-state index contributed by atoms with van der Waals surface area (Å²) in [6, 6.07) is 0.278. The quantitative estimate of drug-likeness (QED) is 0.876. The van der Waals surface area contributed by atoms with Crippen LogP contribution < -0.4 is 5.32 Å². The number of piperidine rings is 1. The van der Waals surface area contributed by atoms with Crippen molar-refractivity contribution in [2.45, 2.75) is 44.9 Å². The zero-order chi connectivity index (χ0) is 12.1. The summed E-state index contributed by atoms with van der Waals surface area (Å²) in [5.41, 5.74) is 0. The van der Waals surface area contributed by atoms with Crippen molar-refractivity contribution in [3.63, 3.8) is 0 Å². The molecule has 1 atom stereocenters. The van der Waals surface area contributed by atoms with E-state index >= 15 is 0 Å². The summed E-state index contributed by atoms with van der Waals surface area (Å²) in [6.07, 6.45) is 3.61. The summed E-state index contributed by atoms with van der Waals surface area (Å²) < 4.78 is 5.32. The number of nitrogens with zero attached hydrogens (tertiary/aromatic N) is 2. The highest BCUT2D eigenvalue weighted by Crippen LogP contribution is 2.22. The maximum absolute atomic E-state index is 5.32. The van der Waals surface area contributed by atoms with E-state index in [1.807, 2.05) is 11.8 Å². The minimum atomic E-state index is 0.278. The summed E-state index contributed by atoms with van der Waals surface area (Å²) in [7, 11) is 0. The Hall–Kier alpha value is -0.550. The SMILES string of the molecule is CC(C)CSCc1noc([C@@H]2CCCCN2)n1. The third-order valence-electron chi connectivity index (χ3n) is 2.77. The van der Waals surface area contributed by atoms with Crippen molar-refractivity contribution in [3.05, 3.63) is 11.7 Å². The first-order chi connectivity index (χ1) is 8.25. The van der Waals surface area contributed by atoms with Crippen LogP contribution >= 0.6 is 11.8 Å². The van der Waals surface area contributed by atoms with Crippen LogP contribution in [0.1, 0.15) is 50.9 Å². The second-order valence-electron chi connectivity index (χ2n) is 4.96. The van der Waals surface area contributed by atoms with E-state index in [4.69, 9.17) is 4.52 Å². The van der Waals surface area contributed by atoms with Gasteiger partial charge in [-0.05, 0) is 31.1 Å². The van der Waals surface area contributed by atoms with Crippen LogP contribution in [0, 0.1) is 5.92 Å². The van der Waals surface area contributed by atoms with Gasteiger partial charge >= 0.3 is 0 Å². The number of rotatable bonds is 5. The van der Waals surface area contributed by atoms with Gasteiger partial charge in [0, 0.05) is 0 Å². The fourth-order valence-corrected chi connectivity index (χ4v) is 2.81. The van der Waals surface area contributed by atoms with Gasteiger partial charge in [-0.2, -0.15) is 16.7 Å². The van der Waals surface area contributed by atoms with Crippen molar-refractivity contribution >= 4 is 11.8 Å². The molecular formula is C12H21N3OS. The molecule has 1 N–H and O–H groups in total. The van der Waals surface area contributed by atoms with Crippen LogP contribution in [0.3, 0.4) is 0 Å². The minimum absolute atomic E-state index is 0.278. The minimum Gasteiger partial charge on any atom is -0.338 e. The molecule has 2 rings (SSSR count). The van der Waals surface area contributed by atoms with E-state index in [1.54, 1.807) is 0 Å². The van der Waals surface area contributed by atoms with Crippen LogP contribution in [0.25, 0.3) is 0 Å². The molecule has 1 aliphatic rings. The molecule has 1 aliphatic heterocycles. The van der Waals surface area contributed by atoms with Gasteiger partial charge < -0.3 is 9.84 Å². The fraction of sp³-hybridized carbons (Fsp3) is 0.833. The molecule has 5 heteroatoms. The molecule has 1 fully saturated rings. The maximum atomic E-state index is 5.32. The molecule has 0 aromatic carbocycles. The zero-order valence-corrected chi connectivity index (χ0v) is 11.4. The normalized spacial score (nSPS) is 21.0. The monoisotopic (exact) mass is 255 g/mol. The Kier molecular flexibility index (Phi) is 4.86. The van der Waals surface area contributed by atoms with Gasteiger partial charge in [-0.1, -0.05) is 25.4 Å². The lowest BCUT2D eigenvalue weighted by molar-refractivity contribution is 0.296. The Morgan fingerprint density at radius 3 is 3.06 bits per heavy atom. The zero-order valence-electron chi connectivity index (χ0n) is 10.6. The van der Waals surface area contributed by atoms with Crippen molar-refractivity contribution in [3.8, 4) is 0 Å². The Morgan fingerprint density at radius 1 is 1.47 bits per heavy atom. The van der Waals surface area contributed by atoms with Crippen molar-refractivity contribution in [2.75, 3.05) is 12.3 Å². The lowest BCUT2D eigenvalue weighted by atomic mass is 10.1. The maximum Gasteiger partial charge on any atom is 0.243 e. The molecule has 17 heavy (non-hydrogen) atoms. The summed E-state index contributed by atoms with van der Waals surface area (Å²) in [5.74, 6) is 4.31. The predicted octanol–water partition coefficient (Wildman–Crippen LogP) is 2.77. The lowest BCUT2D eigenvalue weighted by Crippen LogP contribution is -2.26. The molecule has 0 unspecified atom stereocenters. The average Bonchev–Trinajstić information content (AvgIpc) is 2.78. The van der Waals surface area contributed by atoms with Gasteiger partial charge in [-0.3, -0.25) is 0 Å². The fourth-order valence-electron chi connectivity index (χ4n) is 1.92. The third-order valence-corrected chi connectivity index (χ3v) is 4.14. The molecule has 96 valence electrons. The van der Waals surface area contributed by atoms with E-state index in [2.05, 4.69) is 29.3 Å². The molecule has 1 aromatic heterocycles. The molecule has 0 amide bonds. The van der Waals surface area contributed by atoms with Gasteiger partial charge in [0.1, 0.15) is 0 Å². The van der Waals surface area contributed by atoms with Crippen LogP contribution in [0.4, 0.5) is 0 Å². The van der Waals surface area contributed by atoms with E-state index in [0.29, 0.717) is 5.92 Å². The Bertz CT molecular complexity index is 334. The van der Waals surface area contributed by atoms with Crippen LogP contribution in [-0.4, -0.2) is 22.4 Å². The first-order valence-electron chi connectivity index (χ1n) is 6.39. The van der Waals surface area contributed by atoms with Gasteiger partial charge in [0.15, 0.2) is 5.82 Å². The standard InChI is InChI=1S/C12H21N3OS/c1-9(2)7-17-8-11-14-12(16-15-11)10-5-3-4-6-13-10/h9-10,13H,3-8H2,1-2H3/t10-/m0/s1. The number of hydrogen-bond acceptors (Lipinski definition) is 5. The van der Waals surface area contributed by atoms with E-state index in [-0.39, 0.29) is 6.04 Å². The van der Waals surface area contributed by atoms with E-state index in [9.17, 15) is 0 Å². The smallest absolute Gasteiger partial charge is 0.243 e. The van der Waals surface area contributed by atoms with Crippen LogP contribution in [-0.2, 0) is 5.75 Å². The molecule has 4 nitrogen and oxygen atoms in total. The molecular weight excluding hydrogens is 234 g/mol. The largest absolute Gasteiger partial charge is 0.338 e. The van der Waals surface area contributed by atoms with Crippen LogP contribution in [0.15, 0.2) is 4.52 Å². The van der Waals surface area contributed by atoms with Gasteiger partial charge in [0.05, 0.1) is 11.8 Å². The van der Waals surface area contributed by atoms with Gasteiger partial charge in [0.2, 0.25) is 5.89 Å². The van der Waals surface area contributed by atoms with E-state index in [0.717, 1.165) is 36.2 Å². The lowest BCUT2D eigenvalue weighted by Gasteiger charge is -2.19. The average molecular weight is 255 g/mol. The number of thioether (sulfide) groups is 1. The molecule has 2 heterocycles. The third kappa shape index (κ3) is 4.00. The Balaban J connectivity index is 1.82. The van der Waals surface area contributed by atoms with Gasteiger partial charge in [-0.15, -0.1) is 0 Å². The second kappa shape index (κ2) is 6.40. The molecule has 1 aromatic rings. The number of aromatic nitrogens is 2. The molecule has 0 saturated carbocycles. The molecule has 1 saturated heterocycles. The summed E-state index contributed by atoms with van der Waals surface area (Å²) in [5, 5.41) is 7.46. The van der Waals surface area contributed by atoms with E-state index in [1.165, 1.54) is 12.8 Å². The van der Waals surface area contributed by atoms with Crippen molar-refractivity contribution in [1.29, 1.82) is 0 Å². The summed E-state index contributed by atoms with van der Waals surface area (Å²) in [4.78, 5) is 4.47.